The van der Waals surface area contributed by atoms with Crippen molar-refractivity contribution in [2.24, 2.45) is 17.8 Å². The number of hydrogen-bond acceptors (Lipinski definition) is 15. The second-order valence-corrected chi connectivity index (χ2v) is 35.3. The summed E-state index contributed by atoms with van der Waals surface area (Å²) in [6.45, 7) is 12.0. The predicted octanol–water partition coefficient (Wildman–Crippen LogP) is 26.1. The number of ether oxygens (including phenoxy) is 4. The molecule has 0 amide bonds. The summed E-state index contributed by atoms with van der Waals surface area (Å²) in [4.78, 5) is 73.2. The van der Waals surface area contributed by atoms with Gasteiger partial charge in [0.25, 0.3) is 0 Å². The third-order valence-electron chi connectivity index (χ3n) is 20.1. The van der Waals surface area contributed by atoms with E-state index < -0.39 is 97.5 Å². The van der Waals surface area contributed by atoms with Crippen molar-refractivity contribution in [1.82, 2.24) is 0 Å². The number of rotatable bonds is 84. The van der Waals surface area contributed by atoms with Crippen molar-refractivity contribution in [3.63, 3.8) is 0 Å². The van der Waals surface area contributed by atoms with Crippen LogP contribution < -0.4 is 0 Å². The summed E-state index contributed by atoms with van der Waals surface area (Å²) in [5, 5.41) is 10.7. The summed E-state index contributed by atoms with van der Waals surface area (Å²) in [7, 11) is -9.93. The Morgan fingerprint density at radius 2 is 0.438 bits per heavy atom. The third-order valence-corrected chi connectivity index (χ3v) is 22.0. The number of unbranched alkanes of at least 4 members (excludes halogenated alkanes) is 52. The quantitative estimate of drug-likeness (QED) is 0.0222. The van der Waals surface area contributed by atoms with E-state index in [1.165, 1.54) is 257 Å². The lowest BCUT2D eigenvalue weighted by Gasteiger charge is -2.21. The topological polar surface area (TPSA) is 237 Å². The molecule has 5 atom stereocenters. The van der Waals surface area contributed by atoms with Crippen LogP contribution in [0.5, 0.6) is 0 Å². The molecule has 0 spiro atoms. The van der Waals surface area contributed by atoms with E-state index in [2.05, 4.69) is 48.5 Å². The largest absolute Gasteiger partial charge is 0.472 e. The highest BCUT2D eigenvalue weighted by molar-refractivity contribution is 7.47. The van der Waals surface area contributed by atoms with Crippen LogP contribution in [-0.2, 0) is 65.4 Å². The van der Waals surface area contributed by atoms with Crippen LogP contribution >= 0.6 is 15.6 Å². The molecule has 0 heterocycles. The first-order valence-corrected chi connectivity index (χ1v) is 47.3. The first-order chi connectivity index (χ1) is 50.7. The standard InChI is InChI=1S/C86H168O17P2/c1-8-9-10-11-12-13-14-15-16-17-18-19-20-21-22-25-29-35-40-47-55-62-69-85(90)102-81(73-96-83(88)67-60-53-46-39-34-28-26-23-24-27-32-37-43-50-57-64-77(2)3)75-100-104(92,93)98-71-80(87)72-99-105(94,95)101-76-82(74-97-84(89)68-61-54-49-42-45-52-59-66-79(6)7)103-86(91)70-63-56-48-41-36-31-30-33-38-44-51-58-65-78(4)5/h77-82,87H,8-76H2,1-7H3,(H,92,93)(H,94,95)/t80-,81-,82-/m1/s1. The number of carbonyl (C=O) groups is 4. The highest BCUT2D eigenvalue weighted by Gasteiger charge is 2.30. The van der Waals surface area contributed by atoms with Crippen molar-refractivity contribution < 1.29 is 80.2 Å². The Balaban J connectivity index is 5.22. The van der Waals surface area contributed by atoms with Gasteiger partial charge in [-0.3, -0.25) is 37.3 Å². The van der Waals surface area contributed by atoms with Crippen molar-refractivity contribution in [2.75, 3.05) is 39.6 Å². The van der Waals surface area contributed by atoms with Crippen LogP contribution in [0.15, 0.2) is 0 Å². The van der Waals surface area contributed by atoms with Gasteiger partial charge in [-0.05, 0) is 43.4 Å². The zero-order chi connectivity index (χ0) is 77.2. The van der Waals surface area contributed by atoms with Crippen molar-refractivity contribution in [1.29, 1.82) is 0 Å². The predicted molar refractivity (Wildman–Crippen MR) is 432 cm³/mol. The Labute approximate surface area is 645 Å². The molecule has 0 aliphatic rings. The minimum atomic E-state index is -4.97. The molecule has 0 saturated carbocycles. The number of aliphatic hydroxyl groups excluding tert-OH is 1. The fraction of sp³-hybridized carbons (Fsp3) is 0.953. The molecule has 0 saturated heterocycles. The fourth-order valence-electron chi connectivity index (χ4n) is 13.4. The number of phosphoric acid groups is 2. The van der Waals surface area contributed by atoms with Gasteiger partial charge in [-0.2, -0.15) is 0 Å². The molecule has 0 aromatic heterocycles. The van der Waals surface area contributed by atoms with E-state index >= 15 is 0 Å². The summed E-state index contributed by atoms with van der Waals surface area (Å²) < 4.78 is 68.9. The van der Waals surface area contributed by atoms with Crippen LogP contribution in [-0.4, -0.2) is 96.7 Å². The molecule has 0 aromatic rings. The summed E-state index contributed by atoms with van der Waals surface area (Å²) >= 11 is 0. The summed E-state index contributed by atoms with van der Waals surface area (Å²) in [5.41, 5.74) is 0. The molecule has 0 fully saturated rings. The molecule has 0 aliphatic heterocycles. The van der Waals surface area contributed by atoms with Gasteiger partial charge in [0.2, 0.25) is 0 Å². The first kappa shape index (κ1) is 103. The van der Waals surface area contributed by atoms with E-state index in [1.54, 1.807) is 0 Å². The molecule has 624 valence electrons. The van der Waals surface area contributed by atoms with Gasteiger partial charge in [-0.1, -0.05) is 402 Å². The summed E-state index contributed by atoms with van der Waals surface area (Å²) in [6.07, 6.45) is 66.9. The number of esters is 4. The van der Waals surface area contributed by atoms with E-state index in [0.29, 0.717) is 31.6 Å². The molecule has 17 nitrogen and oxygen atoms in total. The van der Waals surface area contributed by atoms with Gasteiger partial charge in [-0.25, -0.2) is 9.13 Å². The van der Waals surface area contributed by atoms with Gasteiger partial charge < -0.3 is 33.8 Å². The maximum atomic E-state index is 13.1. The molecule has 0 bridgehead atoms. The lowest BCUT2D eigenvalue weighted by molar-refractivity contribution is -0.161. The molecular weight excluding hydrogens is 1370 g/mol. The minimum absolute atomic E-state index is 0.106. The molecule has 0 radical (unpaired) electrons. The Morgan fingerprint density at radius 3 is 0.648 bits per heavy atom. The van der Waals surface area contributed by atoms with Crippen LogP contribution in [0, 0.1) is 17.8 Å². The minimum Gasteiger partial charge on any atom is -0.462 e. The van der Waals surface area contributed by atoms with Crippen LogP contribution in [0.4, 0.5) is 0 Å². The number of hydrogen-bond donors (Lipinski definition) is 3. The molecule has 3 N–H and O–H groups in total. The van der Waals surface area contributed by atoms with Gasteiger partial charge >= 0.3 is 39.5 Å². The lowest BCUT2D eigenvalue weighted by Crippen LogP contribution is -2.30. The second kappa shape index (κ2) is 76.1. The van der Waals surface area contributed by atoms with Crippen LogP contribution in [0.1, 0.15) is 453 Å². The second-order valence-electron chi connectivity index (χ2n) is 32.4. The highest BCUT2D eigenvalue weighted by atomic mass is 31.2. The number of carbonyl (C=O) groups excluding carboxylic acids is 4. The summed E-state index contributed by atoms with van der Waals surface area (Å²) in [6, 6.07) is 0. The van der Waals surface area contributed by atoms with Crippen molar-refractivity contribution in [3.8, 4) is 0 Å². The maximum absolute atomic E-state index is 13.1. The van der Waals surface area contributed by atoms with Gasteiger partial charge in [-0.15, -0.1) is 0 Å². The van der Waals surface area contributed by atoms with Gasteiger partial charge in [0.1, 0.15) is 19.3 Å². The number of phosphoric ester groups is 2. The average molecular weight is 1540 g/mol. The molecule has 0 rings (SSSR count). The zero-order valence-corrected chi connectivity index (χ0v) is 71.0. The SMILES string of the molecule is CCCCCCCCCCCCCCCCCCCCCCCCC(=O)O[C@H](COC(=O)CCCCCCCCCCCCCCCCCC(C)C)COP(=O)(O)OC[C@@H](O)COP(=O)(O)OC[C@@H](COC(=O)CCCCCCCCCC(C)C)OC(=O)CCCCCCCCCCCCCCC(C)C. The molecule has 0 aliphatic carbocycles. The van der Waals surface area contributed by atoms with Gasteiger partial charge in [0.15, 0.2) is 12.2 Å². The van der Waals surface area contributed by atoms with E-state index in [-0.39, 0.29) is 25.7 Å². The smallest absolute Gasteiger partial charge is 0.462 e. The van der Waals surface area contributed by atoms with E-state index in [9.17, 15) is 43.2 Å². The fourth-order valence-corrected chi connectivity index (χ4v) is 14.9. The Morgan fingerprint density at radius 1 is 0.257 bits per heavy atom. The molecular formula is C86H168O17P2. The third kappa shape index (κ3) is 79.9. The van der Waals surface area contributed by atoms with Crippen molar-refractivity contribution in [3.05, 3.63) is 0 Å². The Kier molecular flexibility index (Phi) is 74.7. The van der Waals surface area contributed by atoms with E-state index in [4.69, 9.17) is 37.0 Å². The highest BCUT2D eigenvalue weighted by Crippen LogP contribution is 2.45. The lowest BCUT2D eigenvalue weighted by atomic mass is 10.0. The Hall–Kier alpha value is -1.94. The molecule has 19 heteroatoms. The van der Waals surface area contributed by atoms with Crippen molar-refractivity contribution in [2.45, 2.75) is 471 Å². The van der Waals surface area contributed by atoms with Crippen LogP contribution in [0.3, 0.4) is 0 Å². The number of aliphatic hydroxyl groups is 1. The van der Waals surface area contributed by atoms with E-state index in [1.807, 2.05) is 0 Å². The Bertz CT molecular complexity index is 2030. The van der Waals surface area contributed by atoms with Gasteiger partial charge in [0, 0.05) is 25.7 Å². The van der Waals surface area contributed by atoms with Crippen LogP contribution in [0.2, 0.25) is 0 Å². The summed E-state index contributed by atoms with van der Waals surface area (Å²) in [5.74, 6) is 0.181. The van der Waals surface area contributed by atoms with Crippen molar-refractivity contribution >= 4 is 39.5 Å². The monoisotopic (exact) mass is 1540 g/mol. The molecule has 105 heavy (non-hydrogen) atoms. The van der Waals surface area contributed by atoms with Gasteiger partial charge in [0.05, 0.1) is 26.4 Å². The normalized spacial score (nSPS) is 13.9. The first-order valence-electron chi connectivity index (χ1n) is 44.3. The molecule has 2 unspecified atom stereocenters. The van der Waals surface area contributed by atoms with Crippen LogP contribution in [0.25, 0.3) is 0 Å². The maximum Gasteiger partial charge on any atom is 0.472 e. The molecule has 0 aromatic carbocycles. The zero-order valence-electron chi connectivity index (χ0n) is 69.2. The average Bonchev–Trinajstić information content (AvgIpc) is 0.911. The van der Waals surface area contributed by atoms with E-state index in [0.717, 1.165) is 108 Å².